The van der Waals surface area contributed by atoms with Crippen molar-refractivity contribution in [3.8, 4) is 0 Å². The molecule has 25 heavy (non-hydrogen) atoms. The molecule has 0 aliphatic heterocycles. The molecule has 0 aromatic heterocycles. The van der Waals surface area contributed by atoms with Gasteiger partial charge >= 0.3 is 0 Å². The Bertz CT molecular complexity index is 1020. The van der Waals surface area contributed by atoms with Crippen molar-refractivity contribution in [2.24, 2.45) is 0 Å². The first-order chi connectivity index (χ1) is 12.3. The van der Waals surface area contributed by atoms with Gasteiger partial charge in [0.05, 0.1) is 0 Å². The summed E-state index contributed by atoms with van der Waals surface area (Å²) in [5.74, 6) is 0. The summed E-state index contributed by atoms with van der Waals surface area (Å²) in [5, 5.41) is 4.96. The maximum absolute atomic E-state index is 4.04. The van der Waals surface area contributed by atoms with Crippen LogP contribution in [0.3, 0.4) is 0 Å². The lowest BCUT2D eigenvalue weighted by molar-refractivity contribution is 1.41. The third kappa shape index (κ3) is 2.77. The molecule has 4 aromatic carbocycles. The second-order valence-corrected chi connectivity index (χ2v) is 6.99. The Morgan fingerprint density at radius 1 is 0.560 bits per heavy atom. The van der Waals surface area contributed by atoms with E-state index in [0.29, 0.717) is 0 Å². The topological polar surface area (TPSA) is 0 Å². The van der Waals surface area contributed by atoms with Gasteiger partial charge in [0.1, 0.15) is 0 Å². The summed E-state index contributed by atoms with van der Waals surface area (Å²) in [7, 11) is 0. The smallest absolute Gasteiger partial charge is 0.0201 e. The zero-order chi connectivity index (χ0) is 17.2. The first-order valence-electron chi connectivity index (χ1n) is 8.28. The van der Waals surface area contributed by atoms with Crippen molar-refractivity contribution in [2.75, 3.05) is 0 Å². The number of hydrogen-bond donors (Lipinski definition) is 0. The molecule has 0 nitrogen and oxygen atoms in total. The summed E-state index contributed by atoms with van der Waals surface area (Å²) in [6.45, 7) is 8.08. The molecule has 0 atom stereocenters. The maximum Gasteiger partial charge on any atom is 0.0201 e. The van der Waals surface area contributed by atoms with E-state index in [1.807, 2.05) is 12.2 Å². The van der Waals surface area contributed by atoms with Crippen LogP contribution in [0.4, 0.5) is 0 Å². The van der Waals surface area contributed by atoms with Gasteiger partial charge in [-0.2, -0.15) is 0 Å². The van der Waals surface area contributed by atoms with Crippen molar-refractivity contribution < 1.29 is 0 Å². The van der Waals surface area contributed by atoms with Gasteiger partial charge in [-0.1, -0.05) is 97.7 Å². The Hall–Kier alpha value is -2.77. The SMILES string of the molecule is C=Cc1c(Sc2ccc3ccccc3c2C=C)ccc2ccccc12. The van der Waals surface area contributed by atoms with Crippen LogP contribution in [-0.4, -0.2) is 0 Å². The molecule has 4 aromatic rings. The van der Waals surface area contributed by atoms with Crippen molar-refractivity contribution in [1.29, 1.82) is 0 Å². The molecule has 0 aliphatic rings. The normalized spacial score (nSPS) is 10.9. The Kier molecular flexibility index (Phi) is 4.17. The van der Waals surface area contributed by atoms with Crippen LogP contribution in [0.5, 0.6) is 0 Å². The molecule has 0 radical (unpaired) electrons. The van der Waals surface area contributed by atoms with Gasteiger partial charge in [-0.15, -0.1) is 0 Å². The minimum Gasteiger partial charge on any atom is -0.0984 e. The third-order valence-electron chi connectivity index (χ3n) is 4.49. The van der Waals surface area contributed by atoms with Gasteiger partial charge in [0.2, 0.25) is 0 Å². The highest BCUT2D eigenvalue weighted by molar-refractivity contribution is 7.99. The molecule has 0 unspecified atom stereocenters. The van der Waals surface area contributed by atoms with E-state index < -0.39 is 0 Å². The third-order valence-corrected chi connectivity index (χ3v) is 5.64. The highest BCUT2D eigenvalue weighted by Crippen LogP contribution is 2.39. The van der Waals surface area contributed by atoms with Crippen LogP contribution >= 0.6 is 11.8 Å². The largest absolute Gasteiger partial charge is 0.0984 e. The van der Waals surface area contributed by atoms with Gasteiger partial charge < -0.3 is 0 Å². The van der Waals surface area contributed by atoms with E-state index in [4.69, 9.17) is 0 Å². The number of hydrogen-bond acceptors (Lipinski definition) is 1. The van der Waals surface area contributed by atoms with Crippen molar-refractivity contribution in [3.63, 3.8) is 0 Å². The average Bonchev–Trinajstić information content (AvgIpc) is 2.67. The fourth-order valence-corrected chi connectivity index (χ4v) is 4.38. The molecule has 0 amide bonds. The standard InChI is InChI=1S/C24H18S/c1-3-19-21-11-7-5-9-17(21)13-15-23(19)25-24-16-14-18-10-6-8-12-22(18)20(24)4-2/h3-16H,1-2H2. The van der Waals surface area contributed by atoms with Gasteiger partial charge in [-0.3, -0.25) is 0 Å². The fraction of sp³-hybridized carbons (Fsp3) is 0. The van der Waals surface area contributed by atoms with Gasteiger partial charge in [0.15, 0.2) is 0 Å². The summed E-state index contributed by atoms with van der Waals surface area (Å²) in [6.07, 6.45) is 3.92. The van der Waals surface area contributed by atoms with E-state index in [0.717, 1.165) is 0 Å². The molecule has 4 rings (SSSR count). The minimum atomic E-state index is 1.19. The zero-order valence-electron chi connectivity index (χ0n) is 13.9. The molecule has 0 aliphatic carbocycles. The minimum absolute atomic E-state index is 1.19. The van der Waals surface area contributed by atoms with E-state index in [1.165, 1.54) is 42.5 Å². The summed E-state index contributed by atoms with van der Waals surface area (Å²) in [5.41, 5.74) is 2.37. The lowest BCUT2D eigenvalue weighted by atomic mass is 10.0. The van der Waals surface area contributed by atoms with Crippen LogP contribution in [0, 0.1) is 0 Å². The quantitative estimate of drug-likeness (QED) is 0.373. The summed E-state index contributed by atoms with van der Waals surface area (Å²) < 4.78 is 0. The van der Waals surface area contributed by atoms with Gasteiger partial charge in [0.25, 0.3) is 0 Å². The van der Waals surface area contributed by atoms with Crippen molar-refractivity contribution >= 4 is 45.5 Å². The molecule has 0 saturated heterocycles. The zero-order valence-corrected chi connectivity index (χ0v) is 14.7. The molecular weight excluding hydrogens is 320 g/mol. The van der Waals surface area contributed by atoms with E-state index in [-0.39, 0.29) is 0 Å². The molecular formula is C24H18S. The van der Waals surface area contributed by atoms with Gasteiger partial charge in [-0.05, 0) is 44.8 Å². The van der Waals surface area contributed by atoms with Crippen LogP contribution in [0.2, 0.25) is 0 Å². The van der Waals surface area contributed by atoms with Crippen molar-refractivity contribution in [1.82, 2.24) is 0 Å². The lowest BCUT2D eigenvalue weighted by Gasteiger charge is -2.13. The summed E-state index contributed by atoms with van der Waals surface area (Å²) in [6, 6.07) is 25.6. The summed E-state index contributed by atoms with van der Waals surface area (Å²) in [4.78, 5) is 2.43. The first kappa shape index (κ1) is 15.7. The molecule has 120 valence electrons. The molecule has 1 heteroatoms. The number of fused-ring (bicyclic) bond motifs is 2. The highest BCUT2D eigenvalue weighted by Gasteiger charge is 2.10. The van der Waals surface area contributed by atoms with Crippen LogP contribution in [-0.2, 0) is 0 Å². The maximum atomic E-state index is 4.04. The number of rotatable bonds is 4. The van der Waals surface area contributed by atoms with Crippen LogP contribution in [0.15, 0.2) is 95.7 Å². The van der Waals surface area contributed by atoms with E-state index in [1.54, 1.807) is 11.8 Å². The Labute approximate surface area is 152 Å². The predicted molar refractivity (Wildman–Crippen MR) is 112 cm³/mol. The second-order valence-electron chi connectivity index (χ2n) is 5.91. The van der Waals surface area contributed by atoms with E-state index in [2.05, 4.69) is 86.0 Å². The second kappa shape index (κ2) is 6.62. The molecule has 0 saturated carbocycles. The van der Waals surface area contributed by atoms with Gasteiger partial charge in [-0.25, -0.2) is 0 Å². The molecule has 0 fully saturated rings. The first-order valence-corrected chi connectivity index (χ1v) is 9.09. The van der Waals surface area contributed by atoms with Crippen LogP contribution in [0.1, 0.15) is 11.1 Å². The van der Waals surface area contributed by atoms with Crippen LogP contribution < -0.4 is 0 Å². The molecule has 0 bridgehead atoms. The average molecular weight is 338 g/mol. The fourth-order valence-electron chi connectivity index (χ4n) is 3.27. The molecule has 0 spiro atoms. The lowest BCUT2D eigenvalue weighted by Crippen LogP contribution is -1.87. The predicted octanol–water partition coefficient (Wildman–Crippen LogP) is 7.43. The van der Waals surface area contributed by atoms with E-state index >= 15 is 0 Å². The molecule has 0 heterocycles. The Morgan fingerprint density at radius 2 is 1.00 bits per heavy atom. The summed E-state index contributed by atoms with van der Waals surface area (Å²) >= 11 is 1.78. The number of benzene rings is 4. The van der Waals surface area contributed by atoms with Crippen molar-refractivity contribution in [3.05, 3.63) is 97.1 Å². The monoisotopic (exact) mass is 338 g/mol. The van der Waals surface area contributed by atoms with Crippen LogP contribution in [0.25, 0.3) is 33.7 Å². The Balaban J connectivity index is 1.88. The Morgan fingerprint density at radius 3 is 1.44 bits per heavy atom. The molecule has 0 N–H and O–H groups in total. The van der Waals surface area contributed by atoms with Crippen molar-refractivity contribution in [2.45, 2.75) is 9.79 Å². The van der Waals surface area contributed by atoms with Gasteiger partial charge in [0, 0.05) is 9.79 Å². The highest BCUT2D eigenvalue weighted by atomic mass is 32.2. The van der Waals surface area contributed by atoms with E-state index in [9.17, 15) is 0 Å².